The number of carbonyl (C=O) groups is 1. The van der Waals surface area contributed by atoms with E-state index in [1.165, 1.54) is 25.3 Å². The quantitative estimate of drug-likeness (QED) is 0.268. The molecule has 2 aromatic rings. The summed E-state index contributed by atoms with van der Waals surface area (Å²) in [6, 6.07) is 8.57. The molecule has 0 bridgehead atoms. The summed E-state index contributed by atoms with van der Waals surface area (Å²) in [6.45, 7) is 1.63. The van der Waals surface area contributed by atoms with E-state index in [0.29, 0.717) is 18.4 Å². The third-order valence-electron chi connectivity index (χ3n) is 5.64. The van der Waals surface area contributed by atoms with Crippen molar-refractivity contribution in [2.75, 3.05) is 21.0 Å². The molecule has 202 valence electrons. The molecule has 3 N–H and O–H groups in total. The number of aryl methyl sites for hydroxylation is 1. The van der Waals surface area contributed by atoms with Crippen LogP contribution in [0.3, 0.4) is 0 Å². The molecule has 0 spiro atoms. The largest absolute Gasteiger partial charge is 0.417 e. The molecule has 1 aliphatic carbocycles. The van der Waals surface area contributed by atoms with E-state index in [2.05, 4.69) is 10.1 Å². The molecule has 0 saturated heterocycles. The van der Waals surface area contributed by atoms with Crippen LogP contribution >= 0.6 is 23.2 Å². The van der Waals surface area contributed by atoms with Crippen molar-refractivity contribution in [3.8, 4) is 0 Å². The molecule has 37 heavy (non-hydrogen) atoms. The molecule has 0 heterocycles. The highest BCUT2D eigenvalue weighted by molar-refractivity contribution is 6.35. The maximum Gasteiger partial charge on any atom is 0.417 e. The lowest BCUT2D eigenvalue weighted by atomic mass is 9.98. The lowest BCUT2D eigenvalue weighted by Crippen LogP contribution is -2.30. The van der Waals surface area contributed by atoms with Gasteiger partial charge in [-0.15, -0.1) is 0 Å². The molecule has 0 aliphatic heterocycles. The van der Waals surface area contributed by atoms with Gasteiger partial charge in [-0.3, -0.25) is 4.79 Å². The number of rotatable bonds is 8. The Morgan fingerprint density at radius 1 is 1.19 bits per heavy atom. The van der Waals surface area contributed by atoms with Crippen LogP contribution in [0.4, 0.5) is 13.2 Å². The minimum Gasteiger partial charge on any atom is -0.381 e. The van der Waals surface area contributed by atoms with Gasteiger partial charge in [-0.2, -0.15) is 13.2 Å². The van der Waals surface area contributed by atoms with Gasteiger partial charge in [-0.25, -0.2) is 0 Å². The number of hydrogen-bond acceptors (Lipinski definition) is 5. The fourth-order valence-corrected chi connectivity index (χ4v) is 4.32. The van der Waals surface area contributed by atoms with E-state index in [-0.39, 0.29) is 52.6 Å². The molecule has 0 saturated carbocycles. The van der Waals surface area contributed by atoms with Crippen molar-refractivity contribution in [1.29, 1.82) is 5.41 Å². The number of amides is 1. The fraction of sp³-hybridized carbons (Fsp3) is 0.385. The number of allylic oxidation sites excluding steroid dienone is 2. The third-order valence-corrected chi connectivity index (χ3v) is 6.08. The Morgan fingerprint density at radius 3 is 2.35 bits per heavy atom. The number of ether oxygens (including phenoxy) is 2. The molecule has 0 fully saturated rings. The molecule has 2 aromatic carbocycles. The van der Waals surface area contributed by atoms with Crippen LogP contribution in [0.1, 0.15) is 48.1 Å². The standard InChI is InChI=1S/C24H23Cl2F3N2O2.C2H6O2/c1-13(33-2)7-23(32)31-22-6-4-14-8-15(3-5-19(14)22)21(30)12-20(24(27,28)29)16-9-17(25)11-18(26)10-16;1-4-2-3/h3,5,8-13,22,30H,4,6-7H2,1-2H3,(H,31,32);3H,2H2,1H3/b20-12-,30-21?;. The number of alkyl halides is 3. The molecule has 2 atom stereocenters. The number of hydrogen-bond donors (Lipinski definition) is 3. The Hall–Kier alpha value is -2.43. The molecular formula is C26H29Cl2F3N2O4. The monoisotopic (exact) mass is 560 g/mol. The van der Waals surface area contributed by atoms with E-state index in [4.69, 9.17) is 38.5 Å². The van der Waals surface area contributed by atoms with Gasteiger partial charge in [0.15, 0.2) is 0 Å². The van der Waals surface area contributed by atoms with Gasteiger partial charge in [-0.05, 0) is 72.4 Å². The Bertz CT molecular complexity index is 1120. The maximum absolute atomic E-state index is 13.8. The number of aliphatic hydroxyl groups excluding tert-OH is 1. The van der Waals surface area contributed by atoms with Crippen LogP contribution in [-0.4, -0.2) is 50.0 Å². The van der Waals surface area contributed by atoms with Crippen LogP contribution in [0.25, 0.3) is 5.57 Å². The smallest absolute Gasteiger partial charge is 0.381 e. The van der Waals surface area contributed by atoms with Crippen molar-refractivity contribution in [2.24, 2.45) is 0 Å². The summed E-state index contributed by atoms with van der Waals surface area (Å²) in [5.41, 5.74) is 0.654. The number of benzene rings is 2. The molecule has 1 aliphatic rings. The van der Waals surface area contributed by atoms with E-state index < -0.39 is 11.7 Å². The van der Waals surface area contributed by atoms with Crippen molar-refractivity contribution in [3.63, 3.8) is 0 Å². The van der Waals surface area contributed by atoms with Gasteiger partial charge < -0.3 is 25.3 Å². The molecular weight excluding hydrogens is 532 g/mol. The van der Waals surface area contributed by atoms with Gasteiger partial charge in [0.2, 0.25) is 5.91 Å². The van der Waals surface area contributed by atoms with E-state index in [9.17, 15) is 18.0 Å². The summed E-state index contributed by atoms with van der Waals surface area (Å²) in [7, 11) is 2.97. The van der Waals surface area contributed by atoms with Crippen LogP contribution in [0.15, 0.2) is 42.5 Å². The highest BCUT2D eigenvalue weighted by Gasteiger charge is 2.35. The number of methoxy groups -OCH3 is 2. The molecule has 0 radical (unpaired) electrons. The molecule has 2 unspecified atom stereocenters. The van der Waals surface area contributed by atoms with Gasteiger partial charge in [0.05, 0.1) is 29.9 Å². The van der Waals surface area contributed by atoms with Crippen LogP contribution < -0.4 is 5.32 Å². The van der Waals surface area contributed by atoms with E-state index in [1.807, 2.05) is 0 Å². The predicted molar refractivity (Wildman–Crippen MR) is 138 cm³/mol. The summed E-state index contributed by atoms with van der Waals surface area (Å²) in [6.07, 6.45) is -2.54. The van der Waals surface area contributed by atoms with Crippen LogP contribution in [-0.2, 0) is 20.7 Å². The second kappa shape index (κ2) is 13.9. The molecule has 3 rings (SSSR count). The van der Waals surface area contributed by atoms with Crippen molar-refractivity contribution in [1.82, 2.24) is 5.32 Å². The van der Waals surface area contributed by atoms with Crippen LogP contribution in [0.2, 0.25) is 10.0 Å². The second-order valence-electron chi connectivity index (χ2n) is 8.37. The third kappa shape index (κ3) is 9.12. The van der Waals surface area contributed by atoms with Gasteiger partial charge in [-0.1, -0.05) is 35.3 Å². The normalized spacial score (nSPS) is 15.9. The van der Waals surface area contributed by atoms with E-state index in [0.717, 1.165) is 17.2 Å². The number of aliphatic hydroxyl groups is 1. The van der Waals surface area contributed by atoms with Gasteiger partial charge in [0.25, 0.3) is 0 Å². The van der Waals surface area contributed by atoms with E-state index in [1.54, 1.807) is 32.2 Å². The van der Waals surface area contributed by atoms with Gasteiger partial charge in [0.1, 0.15) is 6.79 Å². The zero-order valence-corrected chi connectivity index (χ0v) is 22.1. The number of fused-ring (bicyclic) bond motifs is 1. The SMILES string of the molecule is COC(C)CC(=O)NC1CCc2cc(C(=N)/C=C(/c3cc(Cl)cc(Cl)c3)C(F)(F)F)ccc21.COCO. The summed E-state index contributed by atoms with van der Waals surface area (Å²) in [5.74, 6) is -0.128. The minimum absolute atomic E-state index is 0.0738. The number of carbonyl (C=O) groups excluding carboxylic acids is 1. The van der Waals surface area contributed by atoms with Crippen molar-refractivity contribution < 1.29 is 32.5 Å². The molecule has 11 heteroatoms. The Kier molecular flexibility index (Phi) is 11.6. The topological polar surface area (TPSA) is 91.6 Å². The lowest BCUT2D eigenvalue weighted by molar-refractivity contribution is -0.124. The molecule has 6 nitrogen and oxygen atoms in total. The number of halogens is 5. The first-order valence-corrected chi connectivity index (χ1v) is 12.0. The molecule has 1 amide bonds. The Balaban J connectivity index is 0.00000112. The van der Waals surface area contributed by atoms with Crippen LogP contribution in [0.5, 0.6) is 0 Å². The van der Waals surface area contributed by atoms with Crippen molar-refractivity contribution in [3.05, 3.63) is 74.8 Å². The fourth-order valence-electron chi connectivity index (χ4n) is 3.80. The Labute approximate surface area is 223 Å². The summed E-state index contributed by atoms with van der Waals surface area (Å²) in [5, 5.41) is 19.1. The first-order valence-electron chi connectivity index (χ1n) is 11.3. The summed E-state index contributed by atoms with van der Waals surface area (Å²) < 4.78 is 50.5. The van der Waals surface area contributed by atoms with Gasteiger partial charge >= 0.3 is 6.18 Å². The highest BCUT2D eigenvalue weighted by Crippen LogP contribution is 2.37. The average Bonchev–Trinajstić information content (AvgIpc) is 3.22. The van der Waals surface area contributed by atoms with Crippen LogP contribution in [0, 0.1) is 5.41 Å². The molecule has 0 aromatic heterocycles. The lowest BCUT2D eigenvalue weighted by Gasteiger charge is -2.16. The van der Waals surface area contributed by atoms with Crippen molar-refractivity contribution >= 4 is 40.4 Å². The van der Waals surface area contributed by atoms with Crippen molar-refractivity contribution in [2.45, 2.75) is 44.5 Å². The maximum atomic E-state index is 13.8. The first-order chi connectivity index (χ1) is 17.4. The van der Waals surface area contributed by atoms with E-state index >= 15 is 0 Å². The summed E-state index contributed by atoms with van der Waals surface area (Å²) >= 11 is 11.8. The summed E-state index contributed by atoms with van der Waals surface area (Å²) in [4.78, 5) is 12.2. The zero-order valence-electron chi connectivity index (χ0n) is 20.6. The average molecular weight is 561 g/mol. The highest BCUT2D eigenvalue weighted by atomic mass is 35.5. The zero-order chi connectivity index (χ0) is 27.8. The Morgan fingerprint density at radius 2 is 1.81 bits per heavy atom. The second-order valence-corrected chi connectivity index (χ2v) is 9.24. The number of nitrogens with one attached hydrogen (secondary N) is 2. The minimum atomic E-state index is -4.70. The van der Waals surface area contributed by atoms with Gasteiger partial charge in [0, 0.05) is 24.3 Å². The predicted octanol–water partition coefficient (Wildman–Crippen LogP) is 6.12. The first kappa shape index (κ1) is 30.8.